The number of carboxylic acid groups (broad SMARTS) is 1. The first-order valence-electron chi connectivity index (χ1n) is 11.4. The van der Waals surface area contributed by atoms with Crippen molar-refractivity contribution in [3.8, 4) is 22.3 Å². The molecule has 1 unspecified atom stereocenters. The van der Waals surface area contributed by atoms with Crippen LogP contribution in [0.1, 0.15) is 22.6 Å². The number of hydrogen-bond donors (Lipinski definition) is 2. The number of ether oxygens (including phenoxy) is 1. The number of hydrogen-bond acceptors (Lipinski definition) is 4. The zero-order valence-corrected chi connectivity index (χ0v) is 20.2. The summed E-state index contributed by atoms with van der Waals surface area (Å²) in [5, 5.41) is 12.2. The van der Waals surface area contributed by atoms with Crippen LogP contribution in [0.4, 0.5) is 4.79 Å². The molecular formula is C29H25ClN2O4. The average Bonchev–Trinajstić information content (AvgIpc) is 3.21. The van der Waals surface area contributed by atoms with Crippen LogP contribution in [0.5, 0.6) is 0 Å². The lowest BCUT2D eigenvalue weighted by Crippen LogP contribution is -2.42. The van der Waals surface area contributed by atoms with Crippen molar-refractivity contribution in [2.75, 3.05) is 6.61 Å². The van der Waals surface area contributed by atoms with Crippen molar-refractivity contribution in [2.24, 2.45) is 0 Å². The molecule has 2 N–H and O–H groups in total. The van der Waals surface area contributed by atoms with E-state index in [-0.39, 0.29) is 31.4 Å². The quantitative estimate of drug-likeness (QED) is 0.339. The standard InChI is InChI=1S/C29H24N2O4.ClH/c32-28(33)27(16-19-11-13-20(14-12-19)21-6-5-15-30-17-21)31-29(34)35-18-26-24-9-3-1-7-22(24)23-8-2-4-10-25(23)26;/h1-15,17,26-27H,16,18H2,(H,31,34)(H,32,33);1H. The van der Waals surface area contributed by atoms with E-state index < -0.39 is 18.1 Å². The van der Waals surface area contributed by atoms with Gasteiger partial charge in [-0.05, 0) is 45.0 Å². The Bertz CT molecular complexity index is 1310. The van der Waals surface area contributed by atoms with Gasteiger partial charge in [0.25, 0.3) is 0 Å². The van der Waals surface area contributed by atoms with E-state index >= 15 is 0 Å². The second kappa shape index (κ2) is 11.1. The van der Waals surface area contributed by atoms with Crippen LogP contribution < -0.4 is 5.32 Å². The predicted octanol–water partition coefficient (Wildman–Crippen LogP) is 5.70. The zero-order chi connectivity index (χ0) is 24.2. The maximum Gasteiger partial charge on any atom is 0.407 e. The van der Waals surface area contributed by atoms with E-state index in [9.17, 15) is 14.7 Å². The largest absolute Gasteiger partial charge is 0.480 e. The fourth-order valence-electron chi connectivity index (χ4n) is 4.58. The van der Waals surface area contributed by atoms with Gasteiger partial charge in [-0.3, -0.25) is 4.98 Å². The molecule has 4 aromatic rings. The molecule has 1 amide bonds. The number of carboxylic acids is 1. The molecule has 182 valence electrons. The summed E-state index contributed by atoms with van der Waals surface area (Å²) in [6.45, 7) is 0.131. The Hall–Kier alpha value is -4.16. The van der Waals surface area contributed by atoms with Gasteiger partial charge in [-0.15, -0.1) is 12.4 Å². The molecule has 0 spiro atoms. The van der Waals surface area contributed by atoms with Crippen molar-refractivity contribution in [3.05, 3.63) is 114 Å². The monoisotopic (exact) mass is 500 g/mol. The number of nitrogens with zero attached hydrogens (tertiary/aromatic N) is 1. The molecule has 1 atom stereocenters. The number of benzene rings is 3. The highest BCUT2D eigenvalue weighted by Crippen LogP contribution is 2.44. The molecule has 0 aliphatic heterocycles. The van der Waals surface area contributed by atoms with Crippen molar-refractivity contribution in [1.82, 2.24) is 10.3 Å². The molecule has 1 aliphatic carbocycles. The first-order chi connectivity index (χ1) is 17.1. The number of amides is 1. The van der Waals surface area contributed by atoms with Crippen molar-refractivity contribution in [3.63, 3.8) is 0 Å². The third-order valence-corrected chi connectivity index (χ3v) is 6.32. The molecule has 5 rings (SSSR count). The summed E-state index contributed by atoms with van der Waals surface area (Å²) in [6, 6.07) is 26.4. The van der Waals surface area contributed by atoms with Crippen LogP contribution in [0.3, 0.4) is 0 Å². The number of pyridine rings is 1. The number of carbonyl (C=O) groups is 2. The van der Waals surface area contributed by atoms with Gasteiger partial charge in [-0.2, -0.15) is 0 Å². The number of aliphatic carboxylic acids is 1. The first kappa shape index (κ1) is 24.9. The smallest absolute Gasteiger partial charge is 0.407 e. The van der Waals surface area contributed by atoms with E-state index in [0.717, 1.165) is 38.9 Å². The van der Waals surface area contributed by atoms with Gasteiger partial charge < -0.3 is 15.2 Å². The Kier molecular flexibility index (Phi) is 7.66. The lowest BCUT2D eigenvalue weighted by molar-refractivity contribution is -0.139. The molecule has 0 saturated carbocycles. The molecular weight excluding hydrogens is 476 g/mol. The minimum absolute atomic E-state index is 0. The Balaban J connectivity index is 0.00000304. The van der Waals surface area contributed by atoms with Crippen LogP contribution in [0.2, 0.25) is 0 Å². The molecule has 1 aromatic heterocycles. The van der Waals surface area contributed by atoms with Gasteiger partial charge in [-0.1, -0.05) is 78.9 Å². The number of fused-ring (bicyclic) bond motifs is 3. The summed E-state index contributed by atoms with van der Waals surface area (Å²) in [6.07, 6.45) is 2.89. The molecule has 36 heavy (non-hydrogen) atoms. The second-order valence-corrected chi connectivity index (χ2v) is 8.50. The van der Waals surface area contributed by atoms with E-state index in [0.29, 0.717) is 0 Å². The number of alkyl carbamates (subject to hydrolysis) is 1. The summed E-state index contributed by atoms with van der Waals surface area (Å²) in [7, 11) is 0. The van der Waals surface area contributed by atoms with Crippen molar-refractivity contribution < 1.29 is 19.4 Å². The number of rotatable bonds is 7. The fraction of sp³-hybridized carbons (Fsp3) is 0.138. The Morgan fingerprint density at radius 3 is 2.08 bits per heavy atom. The summed E-state index contributed by atoms with van der Waals surface area (Å²) in [5.74, 6) is -1.20. The maximum absolute atomic E-state index is 12.6. The van der Waals surface area contributed by atoms with Gasteiger partial charge in [0, 0.05) is 24.7 Å². The topological polar surface area (TPSA) is 88.5 Å². The summed E-state index contributed by atoms with van der Waals surface area (Å²) >= 11 is 0. The van der Waals surface area contributed by atoms with Gasteiger partial charge >= 0.3 is 12.1 Å². The molecule has 7 heteroatoms. The average molecular weight is 501 g/mol. The number of carbonyl (C=O) groups excluding carboxylic acids is 1. The molecule has 0 fully saturated rings. The zero-order valence-electron chi connectivity index (χ0n) is 19.3. The van der Waals surface area contributed by atoms with Crippen molar-refractivity contribution in [1.29, 1.82) is 0 Å². The SMILES string of the molecule is Cl.O=C(NC(Cc1ccc(-c2cccnc2)cc1)C(=O)O)OCC1c2ccccc2-c2ccccc21. The predicted molar refractivity (Wildman–Crippen MR) is 140 cm³/mol. The number of nitrogens with one attached hydrogen (secondary N) is 1. The van der Waals surface area contributed by atoms with Gasteiger partial charge in [0.2, 0.25) is 0 Å². The third-order valence-electron chi connectivity index (χ3n) is 6.32. The second-order valence-electron chi connectivity index (χ2n) is 8.50. The first-order valence-corrected chi connectivity index (χ1v) is 11.4. The van der Waals surface area contributed by atoms with Gasteiger partial charge in [-0.25, -0.2) is 9.59 Å². The molecule has 6 nitrogen and oxygen atoms in total. The van der Waals surface area contributed by atoms with Crippen LogP contribution in [-0.4, -0.2) is 34.8 Å². The highest BCUT2D eigenvalue weighted by atomic mass is 35.5. The lowest BCUT2D eigenvalue weighted by atomic mass is 9.98. The van der Waals surface area contributed by atoms with E-state index in [1.807, 2.05) is 72.8 Å². The summed E-state index contributed by atoms with van der Waals surface area (Å²) in [5.41, 5.74) is 7.23. The normalized spacial score (nSPS) is 12.6. The van der Waals surface area contributed by atoms with E-state index in [1.54, 1.807) is 12.4 Å². The van der Waals surface area contributed by atoms with Crippen molar-refractivity contribution >= 4 is 24.5 Å². The highest BCUT2D eigenvalue weighted by molar-refractivity contribution is 5.85. The Morgan fingerprint density at radius 2 is 1.50 bits per heavy atom. The number of halogens is 1. The molecule has 3 aromatic carbocycles. The lowest BCUT2D eigenvalue weighted by Gasteiger charge is -2.17. The summed E-state index contributed by atoms with van der Waals surface area (Å²) in [4.78, 5) is 28.5. The minimum atomic E-state index is -1.12. The van der Waals surface area contributed by atoms with E-state index in [4.69, 9.17) is 4.74 Å². The van der Waals surface area contributed by atoms with Crippen LogP contribution in [-0.2, 0) is 16.0 Å². The molecule has 0 radical (unpaired) electrons. The highest BCUT2D eigenvalue weighted by Gasteiger charge is 2.29. The third kappa shape index (κ3) is 5.24. The van der Waals surface area contributed by atoms with Gasteiger partial charge in [0.1, 0.15) is 12.6 Å². The van der Waals surface area contributed by atoms with Crippen LogP contribution in [0.15, 0.2) is 97.3 Å². The van der Waals surface area contributed by atoms with Crippen molar-refractivity contribution in [2.45, 2.75) is 18.4 Å². The number of aromatic nitrogens is 1. The molecule has 0 saturated heterocycles. The molecule has 1 aliphatic rings. The van der Waals surface area contributed by atoms with Gasteiger partial charge in [0.15, 0.2) is 0 Å². The van der Waals surface area contributed by atoms with Crippen LogP contribution in [0.25, 0.3) is 22.3 Å². The Labute approximate surface area is 215 Å². The minimum Gasteiger partial charge on any atom is -0.480 e. The van der Waals surface area contributed by atoms with E-state index in [1.165, 1.54) is 0 Å². The van der Waals surface area contributed by atoms with Crippen LogP contribution in [0, 0.1) is 0 Å². The summed E-state index contributed by atoms with van der Waals surface area (Å²) < 4.78 is 5.51. The molecule has 1 heterocycles. The van der Waals surface area contributed by atoms with Gasteiger partial charge in [0.05, 0.1) is 0 Å². The maximum atomic E-state index is 12.6. The molecule has 0 bridgehead atoms. The fourth-order valence-corrected chi connectivity index (χ4v) is 4.58. The Morgan fingerprint density at radius 1 is 0.861 bits per heavy atom. The van der Waals surface area contributed by atoms with Crippen LogP contribution >= 0.6 is 12.4 Å². The van der Waals surface area contributed by atoms with E-state index in [2.05, 4.69) is 22.4 Å².